The van der Waals surface area contributed by atoms with E-state index in [1.54, 1.807) is 0 Å². The molecule has 2 aromatic carbocycles. The van der Waals surface area contributed by atoms with Gasteiger partial charge in [0.05, 0.1) is 16.1 Å². The van der Waals surface area contributed by atoms with Crippen molar-refractivity contribution in [3.63, 3.8) is 0 Å². The van der Waals surface area contributed by atoms with Crippen molar-refractivity contribution in [2.45, 2.75) is 11.1 Å². The van der Waals surface area contributed by atoms with Crippen LogP contribution in [0, 0.1) is 0 Å². The van der Waals surface area contributed by atoms with Gasteiger partial charge in [0.1, 0.15) is 0 Å². The fourth-order valence-electron chi connectivity index (χ4n) is 2.27. The average Bonchev–Trinajstić information content (AvgIpc) is 2.36. The smallest absolute Gasteiger partial charge is 0.279 e. The van der Waals surface area contributed by atoms with E-state index in [4.69, 9.17) is 0 Å². The molecular weight excluding hydrogens is 291 g/mol. The second-order valence-electron chi connectivity index (χ2n) is 4.33. The Morgan fingerprint density at radius 2 is 1.65 bits per heavy atom. The molecule has 1 heterocycles. The minimum Gasteiger partial charge on any atom is -0.279 e. The molecule has 0 spiro atoms. The highest BCUT2D eigenvalue weighted by atomic mass is 32.2. The van der Waals surface area contributed by atoms with Crippen molar-refractivity contribution in [3.8, 4) is 11.1 Å². The Balaban J connectivity index is 2.42. The van der Waals surface area contributed by atoms with E-state index >= 15 is 0 Å². The van der Waals surface area contributed by atoms with E-state index in [-0.39, 0.29) is 21.7 Å². The first-order chi connectivity index (χ1) is 9.31. The summed E-state index contributed by atoms with van der Waals surface area (Å²) in [6.45, 7) is 0. The van der Waals surface area contributed by atoms with Gasteiger partial charge in [0.15, 0.2) is 0 Å². The molecule has 3 rings (SSSR count). The second-order valence-corrected chi connectivity index (χ2v) is 5.98. The lowest BCUT2D eigenvalue weighted by molar-refractivity contribution is -0.137. The Kier molecular flexibility index (Phi) is 2.59. The van der Waals surface area contributed by atoms with E-state index in [2.05, 4.69) is 4.72 Å². The molecule has 3 nitrogen and oxygen atoms in total. The highest BCUT2D eigenvalue weighted by Crippen LogP contribution is 2.46. The number of sulfonamides is 1. The van der Waals surface area contributed by atoms with Crippen molar-refractivity contribution in [2.24, 2.45) is 0 Å². The van der Waals surface area contributed by atoms with Gasteiger partial charge in [-0.3, -0.25) is 4.72 Å². The van der Waals surface area contributed by atoms with Crippen molar-refractivity contribution < 1.29 is 21.6 Å². The Hall–Kier alpha value is -2.02. The Bertz CT molecular complexity index is 798. The number of fused-ring (bicyclic) bond motifs is 3. The molecule has 0 fully saturated rings. The number of anilines is 1. The third kappa shape index (κ3) is 1.85. The first-order valence-electron chi connectivity index (χ1n) is 5.63. The van der Waals surface area contributed by atoms with Gasteiger partial charge >= 0.3 is 6.18 Å². The van der Waals surface area contributed by atoms with Crippen molar-refractivity contribution in [1.82, 2.24) is 0 Å². The van der Waals surface area contributed by atoms with E-state index < -0.39 is 21.8 Å². The number of hydrogen-bond acceptors (Lipinski definition) is 2. The molecule has 0 saturated heterocycles. The zero-order valence-electron chi connectivity index (χ0n) is 9.90. The van der Waals surface area contributed by atoms with Gasteiger partial charge in [-0.1, -0.05) is 24.3 Å². The predicted molar refractivity (Wildman–Crippen MR) is 67.7 cm³/mol. The van der Waals surface area contributed by atoms with Crippen LogP contribution in [-0.4, -0.2) is 8.42 Å². The molecule has 1 aliphatic rings. The lowest BCUT2D eigenvalue weighted by Gasteiger charge is -2.24. The molecule has 0 radical (unpaired) electrons. The molecule has 20 heavy (non-hydrogen) atoms. The average molecular weight is 299 g/mol. The molecular formula is C13H8F3NO2S. The lowest BCUT2D eigenvalue weighted by atomic mass is 9.97. The van der Waals surface area contributed by atoms with E-state index in [0.29, 0.717) is 0 Å². The SMILES string of the molecule is O=S1(=O)Nc2cccc(C(F)(F)F)c2-c2ccccc21. The maximum absolute atomic E-state index is 13.1. The monoisotopic (exact) mass is 299 g/mol. The molecule has 104 valence electrons. The molecule has 0 bridgehead atoms. The molecule has 1 aliphatic heterocycles. The summed E-state index contributed by atoms with van der Waals surface area (Å²) in [5.41, 5.74) is -0.983. The number of halogens is 3. The fraction of sp³-hybridized carbons (Fsp3) is 0.0769. The molecule has 7 heteroatoms. The quantitative estimate of drug-likeness (QED) is 0.809. The summed E-state index contributed by atoms with van der Waals surface area (Å²) in [7, 11) is -3.84. The van der Waals surface area contributed by atoms with Gasteiger partial charge in [-0.15, -0.1) is 0 Å². The van der Waals surface area contributed by atoms with Crippen LogP contribution in [0.2, 0.25) is 0 Å². The Morgan fingerprint density at radius 1 is 0.950 bits per heavy atom. The molecule has 0 saturated carbocycles. The summed E-state index contributed by atoms with van der Waals surface area (Å²) in [5.74, 6) is 0. The van der Waals surface area contributed by atoms with Crippen LogP contribution < -0.4 is 4.72 Å². The van der Waals surface area contributed by atoms with Crippen LogP contribution in [0.3, 0.4) is 0 Å². The summed E-state index contributed by atoms with van der Waals surface area (Å²) < 4.78 is 65.4. The van der Waals surface area contributed by atoms with Crippen LogP contribution >= 0.6 is 0 Å². The van der Waals surface area contributed by atoms with E-state index in [0.717, 1.165) is 6.07 Å². The van der Waals surface area contributed by atoms with Gasteiger partial charge in [-0.25, -0.2) is 8.42 Å². The molecule has 2 aromatic rings. The summed E-state index contributed by atoms with van der Waals surface area (Å²) in [4.78, 5) is -0.149. The standard InChI is InChI=1S/C13H8F3NO2S/c14-13(15,16)9-5-3-6-10-12(9)8-4-1-2-7-11(8)20(18,19)17-10/h1-7,17H. The zero-order valence-corrected chi connectivity index (χ0v) is 10.7. The third-order valence-electron chi connectivity index (χ3n) is 3.06. The van der Waals surface area contributed by atoms with Crippen molar-refractivity contribution in [2.75, 3.05) is 4.72 Å². The largest absolute Gasteiger partial charge is 0.417 e. The first kappa shape index (κ1) is 13.0. The molecule has 0 aromatic heterocycles. The van der Waals surface area contributed by atoms with Gasteiger partial charge in [0.2, 0.25) is 0 Å². The number of hydrogen-bond donors (Lipinski definition) is 1. The van der Waals surface area contributed by atoms with Gasteiger partial charge in [0, 0.05) is 11.1 Å². The van der Waals surface area contributed by atoms with E-state index in [1.807, 2.05) is 0 Å². The highest BCUT2D eigenvalue weighted by Gasteiger charge is 2.38. The minimum absolute atomic E-state index is 0.0569. The zero-order chi connectivity index (χ0) is 14.5. The van der Waals surface area contributed by atoms with E-state index in [9.17, 15) is 21.6 Å². The Labute approximate surface area is 113 Å². The van der Waals surface area contributed by atoms with E-state index in [1.165, 1.54) is 36.4 Å². The van der Waals surface area contributed by atoms with Gasteiger partial charge < -0.3 is 0 Å². The third-order valence-corrected chi connectivity index (χ3v) is 4.48. The number of nitrogens with one attached hydrogen (secondary N) is 1. The minimum atomic E-state index is -4.55. The lowest BCUT2D eigenvalue weighted by Crippen LogP contribution is -2.21. The van der Waals surface area contributed by atoms with Crippen molar-refractivity contribution >= 4 is 15.7 Å². The fourth-order valence-corrected chi connectivity index (χ4v) is 3.56. The highest BCUT2D eigenvalue weighted by molar-refractivity contribution is 7.93. The van der Waals surface area contributed by atoms with Crippen molar-refractivity contribution in [1.29, 1.82) is 0 Å². The molecule has 0 aliphatic carbocycles. The Morgan fingerprint density at radius 3 is 2.35 bits per heavy atom. The molecule has 0 amide bonds. The van der Waals surface area contributed by atoms with Crippen LogP contribution in [0.1, 0.15) is 5.56 Å². The summed E-state index contributed by atoms with van der Waals surface area (Å²) in [6.07, 6.45) is -4.55. The predicted octanol–water partition coefficient (Wildman–Crippen LogP) is 3.49. The van der Waals surface area contributed by atoms with Crippen molar-refractivity contribution in [3.05, 3.63) is 48.0 Å². The summed E-state index contributed by atoms with van der Waals surface area (Å²) >= 11 is 0. The maximum Gasteiger partial charge on any atom is 0.417 e. The maximum atomic E-state index is 13.1. The van der Waals surface area contributed by atoms with Crippen LogP contribution in [0.15, 0.2) is 47.4 Å². The van der Waals surface area contributed by atoms with Crippen LogP contribution in [0.25, 0.3) is 11.1 Å². The summed E-state index contributed by atoms with van der Waals surface area (Å²) in [6, 6.07) is 9.08. The number of benzene rings is 2. The topological polar surface area (TPSA) is 46.2 Å². The van der Waals surface area contributed by atoms with Crippen LogP contribution in [-0.2, 0) is 16.2 Å². The summed E-state index contributed by atoms with van der Waals surface area (Å²) in [5, 5.41) is 0. The van der Waals surface area contributed by atoms with Gasteiger partial charge in [-0.2, -0.15) is 13.2 Å². The number of rotatable bonds is 0. The normalized spacial score (nSPS) is 15.9. The second kappa shape index (κ2) is 3.99. The van der Waals surface area contributed by atoms with Gasteiger partial charge in [-0.05, 0) is 18.2 Å². The molecule has 0 unspecified atom stereocenters. The number of alkyl halides is 3. The van der Waals surface area contributed by atoms with Crippen LogP contribution in [0.5, 0.6) is 0 Å². The first-order valence-corrected chi connectivity index (χ1v) is 7.11. The van der Waals surface area contributed by atoms with Crippen LogP contribution in [0.4, 0.5) is 18.9 Å². The molecule has 0 atom stereocenters. The van der Waals surface area contributed by atoms with Gasteiger partial charge in [0.25, 0.3) is 10.0 Å². The molecule has 1 N–H and O–H groups in total.